The normalized spacial score (nSPS) is 17.1. The number of hydrogen-bond donors (Lipinski definition) is 1. The third kappa shape index (κ3) is 6.79. The van der Waals surface area contributed by atoms with Crippen molar-refractivity contribution in [2.24, 2.45) is 0 Å². The molecule has 178 valence electrons. The summed E-state index contributed by atoms with van der Waals surface area (Å²) in [7, 11) is 1.63. The summed E-state index contributed by atoms with van der Waals surface area (Å²) in [5.41, 5.74) is 0.864. The number of benzene rings is 1. The lowest BCUT2D eigenvalue weighted by atomic mass is 10.3. The fourth-order valence-electron chi connectivity index (χ4n) is 3.62. The number of ether oxygens (including phenoxy) is 2. The van der Waals surface area contributed by atoms with E-state index in [2.05, 4.69) is 20.4 Å². The summed E-state index contributed by atoms with van der Waals surface area (Å²) in [6.45, 7) is 5.64. The van der Waals surface area contributed by atoms with Gasteiger partial charge in [-0.05, 0) is 12.1 Å². The van der Waals surface area contributed by atoms with E-state index in [1.165, 1.54) is 23.1 Å². The second kappa shape index (κ2) is 11.6. The average Bonchev–Trinajstić information content (AvgIpc) is 3.30. The lowest BCUT2D eigenvalue weighted by Gasteiger charge is -2.36. The Morgan fingerprint density at radius 1 is 1.09 bits per heavy atom. The summed E-state index contributed by atoms with van der Waals surface area (Å²) < 4.78 is 11.3. The van der Waals surface area contributed by atoms with E-state index >= 15 is 0 Å². The molecule has 2 saturated heterocycles. The first-order chi connectivity index (χ1) is 16.1. The highest BCUT2D eigenvalue weighted by molar-refractivity contribution is 8.01. The average molecular weight is 493 g/mol. The number of hydrogen-bond acceptors (Lipinski definition) is 10. The van der Waals surface area contributed by atoms with Crippen molar-refractivity contribution in [3.8, 4) is 5.75 Å². The Morgan fingerprint density at radius 3 is 2.61 bits per heavy atom. The molecule has 2 amide bonds. The van der Waals surface area contributed by atoms with Crippen molar-refractivity contribution in [1.29, 1.82) is 0 Å². The monoisotopic (exact) mass is 492 g/mol. The minimum absolute atomic E-state index is 0.0802. The molecule has 0 saturated carbocycles. The zero-order valence-electron chi connectivity index (χ0n) is 18.6. The molecule has 1 N–H and O–H groups in total. The Morgan fingerprint density at radius 2 is 1.85 bits per heavy atom. The Hall–Kier alpha value is -2.41. The maximum atomic E-state index is 12.6. The minimum atomic E-state index is 0.0802. The molecule has 2 aromatic rings. The predicted octanol–water partition coefficient (Wildman–Crippen LogP) is 1.39. The lowest BCUT2D eigenvalue weighted by Crippen LogP contribution is -2.53. The summed E-state index contributed by atoms with van der Waals surface area (Å²) in [5, 5.41) is 12.2. The highest BCUT2D eigenvalue weighted by Crippen LogP contribution is 2.29. The predicted molar refractivity (Wildman–Crippen MR) is 127 cm³/mol. The number of rotatable bonds is 8. The van der Waals surface area contributed by atoms with E-state index in [0.29, 0.717) is 69.9 Å². The molecule has 0 spiro atoms. The fourth-order valence-corrected chi connectivity index (χ4v) is 5.29. The van der Waals surface area contributed by atoms with Gasteiger partial charge in [0.15, 0.2) is 4.34 Å². The van der Waals surface area contributed by atoms with Crippen LogP contribution in [0.5, 0.6) is 5.75 Å². The molecule has 1 aromatic heterocycles. The third-order valence-electron chi connectivity index (χ3n) is 5.49. The van der Waals surface area contributed by atoms with Crippen molar-refractivity contribution in [2.75, 3.05) is 77.2 Å². The molecular weight excluding hydrogens is 464 g/mol. The van der Waals surface area contributed by atoms with E-state index in [-0.39, 0.29) is 11.8 Å². The number of aromatic nitrogens is 2. The molecule has 2 aliphatic heterocycles. The smallest absolute Gasteiger partial charge is 0.236 e. The largest absolute Gasteiger partial charge is 0.497 e. The van der Waals surface area contributed by atoms with Crippen LogP contribution in [0.3, 0.4) is 0 Å². The first kappa shape index (κ1) is 23.7. The molecule has 2 fully saturated rings. The first-order valence-electron chi connectivity index (χ1n) is 10.8. The van der Waals surface area contributed by atoms with Crippen LogP contribution in [0.25, 0.3) is 0 Å². The fraction of sp³-hybridized carbons (Fsp3) is 0.524. The van der Waals surface area contributed by atoms with Gasteiger partial charge in [-0.15, -0.1) is 10.2 Å². The molecule has 0 bridgehead atoms. The summed E-state index contributed by atoms with van der Waals surface area (Å²) >= 11 is 2.80. The number of morpholine rings is 1. The van der Waals surface area contributed by atoms with Crippen LogP contribution in [0.4, 0.5) is 10.8 Å². The van der Waals surface area contributed by atoms with Crippen LogP contribution < -0.4 is 10.1 Å². The van der Waals surface area contributed by atoms with Crippen molar-refractivity contribution >= 4 is 45.7 Å². The molecule has 12 heteroatoms. The van der Waals surface area contributed by atoms with E-state index in [9.17, 15) is 9.59 Å². The number of nitrogens with one attached hydrogen (secondary N) is 1. The quantitative estimate of drug-likeness (QED) is 0.548. The van der Waals surface area contributed by atoms with Crippen molar-refractivity contribution in [3.05, 3.63) is 24.3 Å². The number of methoxy groups -OCH3 is 1. The van der Waals surface area contributed by atoms with E-state index < -0.39 is 0 Å². The van der Waals surface area contributed by atoms with Crippen LogP contribution in [-0.4, -0.2) is 109 Å². The maximum Gasteiger partial charge on any atom is 0.236 e. The molecule has 3 heterocycles. The van der Waals surface area contributed by atoms with Gasteiger partial charge in [0.25, 0.3) is 0 Å². The van der Waals surface area contributed by atoms with Gasteiger partial charge >= 0.3 is 0 Å². The standard InChI is InChI=1S/C21H28N6O4S2/c1-30-17-4-2-3-16(13-17)22-20-23-24-21(33-20)32-15-19(29)26-7-5-25(6-8-26)14-18(28)27-9-11-31-12-10-27/h2-4,13H,5-12,14-15H2,1H3,(H,22,23). The highest BCUT2D eigenvalue weighted by atomic mass is 32.2. The van der Waals surface area contributed by atoms with E-state index in [4.69, 9.17) is 9.47 Å². The Balaban J connectivity index is 1.18. The zero-order chi connectivity index (χ0) is 23.0. The van der Waals surface area contributed by atoms with Gasteiger partial charge in [0.05, 0.1) is 32.6 Å². The zero-order valence-corrected chi connectivity index (χ0v) is 20.2. The molecule has 0 unspecified atom stereocenters. The number of anilines is 2. The van der Waals surface area contributed by atoms with Crippen LogP contribution in [0.15, 0.2) is 28.6 Å². The van der Waals surface area contributed by atoms with Crippen molar-refractivity contribution in [1.82, 2.24) is 24.9 Å². The van der Waals surface area contributed by atoms with Gasteiger partial charge in [-0.25, -0.2) is 0 Å². The summed E-state index contributed by atoms with van der Waals surface area (Å²) in [6.07, 6.45) is 0. The first-order valence-corrected chi connectivity index (χ1v) is 12.6. The third-order valence-corrected chi connectivity index (χ3v) is 7.45. The number of carbonyl (C=O) groups excluding carboxylic acids is 2. The topological polar surface area (TPSA) is 100 Å². The van der Waals surface area contributed by atoms with Crippen molar-refractivity contribution in [3.63, 3.8) is 0 Å². The van der Waals surface area contributed by atoms with E-state index in [1.807, 2.05) is 34.1 Å². The van der Waals surface area contributed by atoms with E-state index in [1.54, 1.807) is 7.11 Å². The number of piperazine rings is 1. The minimum Gasteiger partial charge on any atom is -0.497 e. The number of nitrogens with zero attached hydrogens (tertiary/aromatic N) is 5. The van der Waals surface area contributed by atoms with Gasteiger partial charge in [-0.2, -0.15) is 0 Å². The summed E-state index contributed by atoms with van der Waals surface area (Å²) in [6, 6.07) is 7.58. The van der Waals surface area contributed by atoms with Crippen LogP contribution in [0.2, 0.25) is 0 Å². The Bertz CT molecular complexity index is 944. The summed E-state index contributed by atoms with van der Waals surface area (Å²) in [4.78, 5) is 30.9. The van der Waals surface area contributed by atoms with Gasteiger partial charge < -0.3 is 24.6 Å². The van der Waals surface area contributed by atoms with Gasteiger partial charge in [0.1, 0.15) is 5.75 Å². The number of amides is 2. The Kier molecular flexibility index (Phi) is 8.37. The number of carbonyl (C=O) groups is 2. The molecule has 4 rings (SSSR count). The molecule has 0 aliphatic carbocycles. The summed E-state index contributed by atoms with van der Waals surface area (Å²) in [5.74, 6) is 1.30. The van der Waals surface area contributed by atoms with Gasteiger partial charge in [0.2, 0.25) is 16.9 Å². The molecule has 33 heavy (non-hydrogen) atoms. The Labute approximate surface area is 201 Å². The second-order valence-corrected chi connectivity index (χ2v) is 9.87. The second-order valence-electron chi connectivity index (χ2n) is 7.67. The molecule has 2 aliphatic rings. The van der Waals surface area contributed by atoms with E-state index in [0.717, 1.165) is 15.8 Å². The van der Waals surface area contributed by atoms with Gasteiger partial charge in [-0.1, -0.05) is 29.2 Å². The van der Waals surface area contributed by atoms with Crippen LogP contribution in [0.1, 0.15) is 0 Å². The molecular formula is C21H28N6O4S2. The number of thioether (sulfide) groups is 1. The highest BCUT2D eigenvalue weighted by Gasteiger charge is 2.25. The van der Waals surface area contributed by atoms with Crippen LogP contribution >= 0.6 is 23.1 Å². The molecule has 0 radical (unpaired) electrons. The van der Waals surface area contributed by atoms with Crippen LogP contribution in [-0.2, 0) is 14.3 Å². The maximum absolute atomic E-state index is 12.6. The lowest BCUT2D eigenvalue weighted by molar-refractivity contribution is -0.137. The molecule has 0 atom stereocenters. The van der Waals surface area contributed by atoms with Gasteiger partial charge in [0, 0.05) is 51.0 Å². The van der Waals surface area contributed by atoms with Crippen LogP contribution in [0, 0.1) is 0 Å². The molecule has 1 aromatic carbocycles. The van der Waals surface area contributed by atoms with Gasteiger partial charge in [-0.3, -0.25) is 14.5 Å². The van der Waals surface area contributed by atoms with Crippen molar-refractivity contribution in [2.45, 2.75) is 4.34 Å². The molecule has 10 nitrogen and oxygen atoms in total. The van der Waals surface area contributed by atoms with Crippen molar-refractivity contribution < 1.29 is 19.1 Å². The SMILES string of the molecule is COc1cccc(Nc2nnc(SCC(=O)N3CCN(CC(=O)N4CCOCC4)CC3)s2)c1.